The molecule has 3 fully saturated rings. The zero-order valence-corrected chi connectivity index (χ0v) is 7.40. The highest BCUT2D eigenvalue weighted by atomic mass is 31.2. The Bertz CT molecular complexity index is 200. The van der Waals surface area contributed by atoms with Crippen LogP contribution in [0, 0.1) is 0 Å². The minimum atomic E-state index is -1.09. The monoisotopic (exact) mass is 192 g/mol. The second-order valence-electron chi connectivity index (χ2n) is 2.94. The Labute approximate surface area is 70.9 Å². The van der Waals surface area contributed by atoms with Crippen LogP contribution in [0.5, 0.6) is 0 Å². The molecule has 12 heavy (non-hydrogen) atoms. The van der Waals surface area contributed by atoms with Crippen molar-refractivity contribution in [2.45, 2.75) is 24.6 Å². The summed E-state index contributed by atoms with van der Waals surface area (Å²) in [6, 6.07) is 0. The fraction of sp³-hybridized carbons (Fsp3) is 1.00. The molecule has 3 heterocycles. The molecule has 68 valence electrons. The van der Waals surface area contributed by atoms with Gasteiger partial charge in [-0.05, 0) is 0 Å². The first-order chi connectivity index (χ1) is 5.88. The molecule has 3 aliphatic rings. The molecule has 0 radical (unpaired) electrons. The van der Waals surface area contributed by atoms with Crippen LogP contribution < -0.4 is 0 Å². The molecule has 0 aromatic heterocycles. The number of methoxy groups -OCH3 is 1. The summed E-state index contributed by atoms with van der Waals surface area (Å²) in [5.74, 6) is 0. The SMILES string of the molecule is COC1OCC2OP3OC2C1O3. The molecule has 0 aliphatic carbocycles. The maximum absolute atomic E-state index is 5.43. The fourth-order valence-corrected chi connectivity index (χ4v) is 3.08. The lowest BCUT2D eigenvalue weighted by Gasteiger charge is -2.35. The lowest BCUT2D eigenvalue weighted by molar-refractivity contribution is -0.232. The Kier molecular flexibility index (Phi) is 1.66. The highest BCUT2D eigenvalue weighted by Crippen LogP contribution is 2.60. The van der Waals surface area contributed by atoms with Crippen molar-refractivity contribution < 1.29 is 23.0 Å². The molecular formula is C6H9O5P. The van der Waals surface area contributed by atoms with E-state index in [4.69, 9.17) is 23.0 Å². The molecule has 0 aromatic rings. The summed E-state index contributed by atoms with van der Waals surface area (Å²) < 4.78 is 26.7. The summed E-state index contributed by atoms with van der Waals surface area (Å²) >= 11 is 0. The van der Waals surface area contributed by atoms with Gasteiger partial charge in [-0.1, -0.05) is 0 Å². The smallest absolute Gasteiger partial charge is 0.334 e. The Morgan fingerprint density at radius 2 is 2.08 bits per heavy atom. The molecule has 3 saturated heterocycles. The molecule has 0 saturated carbocycles. The van der Waals surface area contributed by atoms with E-state index in [1.54, 1.807) is 7.11 Å². The van der Waals surface area contributed by atoms with Crippen LogP contribution in [0.15, 0.2) is 0 Å². The van der Waals surface area contributed by atoms with E-state index in [9.17, 15) is 0 Å². The molecule has 0 N–H and O–H groups in total. The molecule has 0 aromatic carbocycles. The van der Waals surface area contributed by atoms with Crippen LogP contribution >= 0.6 is 8.60 Å². The maximum Gasteiger partial charge on any atom is 0.334 e. The van der Waals surface area contributed by atoms with Gasteiger partial charge in [-0.25, -0.2) is 0 Å². The van der Waals surface area contributed by atoms with Gasteiger partial charge >= 0.3 is 8.60 Å². The van der Waals surface area contributed by atoms with Crippen molar-refractivity contribution in [3.05, 3.63) is 0 Å². The first-order valence-electron chi connectivity index (χ1n) is 3.83. The maximum atomic E-state index is 5.43. The van der Waals surface area contributed by atoms with E-state index < -0.39 is 8.60 Å². The normalized spacial score (nSPS) is 56.2. The largest absolute Gasteiger partial charge is 0.353 e. The van der Waals surface area contributed by atoms with E-state index in [0.717, 1.165) is 0 Å². The number of hydrogen-bond acceptors (Lipinski definition) is 5. The van der Waals surface area contributed by atoms with Crippen molar-refractivity contribution in [2.24, 2.45) is 0 Å². The summed E-state index contributed by atoms with van der Waals surface area (Å²) in [4.78, 5) is 0. The van der Waals surface area contributed by atoms with Crippen LogP contribution in [-0.2, 0) is 23.0 Å². The van der Waals surface area contributed by atoms with E-state index in [-0.39, 0.29) is 24.6 Å². The van der Waals surface area contributed by atoms with Gasteiger partial charge in [0.25, 0.3) is 0 Å². The van der Waals surface area contributed by atoms with Crippen molar-refractivity contribution in [1.29, 1.82) is 0 Å². The van der Waals surface area contributed by atoms with Crippen molar-refractivity contribution in [1.82, 2.24) is 0 Å². The standard InChI is InChI=1S/C6H9O5P/c1-7-6-5-4-3(2-8-6)9-12(10-4)11-5/h3-6H,2H2,1H3. The van der Waals surface area contributed by atoms with Gasteiger partial charge in [-0.15, -0.1) is 0 Å². The van der Waals surface area contributed by atoms with Gasteiger partial charge in [0.15, 0.2) is 6.29 Å². The Hall–Kier alpha value is 0.230. The number of hydrogen-bond donors (Lipinski definition) is 0. The second-order valence-corrected chi connectivity index (χ2v) is 4.02. The summed E-state index contributed by atoms with van der Waals surface area (Å²) in [5.41, 5.74) is 0. The highest BCUT2D eigenvalue weighted by molar-refractivity contribution is 7.42. The Morgan fingerprint density at radius 1 is 1.25 bits per heavy atom. The summed E-state index contributed by atoms with van der Waals surface area (Å²) in [5, 5.41) is 0. The Morgan fingerprint density at radius 3 is 2.83 bits per heavy atom. The van der Waals surface area contributed by atoms with Crippen LogP contribution in [0.1, 0.15) is 0 Å². The molecule has 0 spiro atoms. The first-order valence-corrected chi connectivity index (χ1v) is 4.93. The van der Waals surface area contributed by atoms with Crippen molar-refractivity contribution >= 4 is 8.60 Å². The van der Waals surface area contributed by atoms with E-state index in [1.807, 2.05) is 0 Å². The third kappa shape index (κ3) is 0.894. The van der Waals surface area contributed by atoms with Crippen molar-refractivity contribution in [3.8, 4) is 0 Å². The molecule has 3 rings (SSSR count). The highest BCUT2D eigenvalue weighted by Gasteiger charge is 2.57. The van der Waals surface area contributed by atoms with Crippen LogP contribution in [0.4, 0.5) is 0 Å². The minimum Gasteiger partial charge on any atom is -0.353 e. The van der Waals surface area contributed by atoms with Crippen LogP contribution in [-0.4, -0.2) is 38.3 Å². The molecule has 5 nitrogen and oxygen atoms in total. The van der Waals surface area contributed by atoms with E-state index in [2.05, 4.69) is 0 Å². The zero-order valence-electron chi connectivity index (χ0n) is 6.50. The molecular weight excluding hydrogens is 183 g/mol. The van der Waals surface area contributed by atoms with Crippen LogP contribution in [0.25, 0.3) is 0 Å². The van der Waals surface area contributed by atoms with Gasteiger partial charge in [0.1, 0.15) is 18.3 Å². The zero-order chi connectivity index (χ0) is 8.13. The number of rotatable bonds is 1. The van der Waals surface area contributed by atoms with Gasteiger partial charge in [0.2, 0.25) is 0 Å². The molecule has 6 heteroatoms. The Balaban J connectivity index is 1.83. The predicted molar refractivity (Wildman–Crippen MR) is 38.3 cm³/mol. The number of ether oxygens (including phenoxy) is 2. The quantitative estimate of drug-likeness (QED) is 0.562. The summed E-state index contributed by atoms with van der Waals surface area (Å²) in [6.45, 7) is 0.544. The number of fused-ring (bicyclic) bond motifs is 1. The average Bonchev–Trinajstić information content (AvgIpc) is 2.61. The third-order valence-electron chi connectivity index (χ3n) is 2.25. The van der Waals surface area contributed by atoms with E-state index in [0.29, 0.717) is 6.61 Å². The van der Waals surface area contributed by atoms with Gasteiger partial charge in [-0.2, -0.15) is 0 Å². The molecule has 0 amide bonds. The summed E-state index contributed by atoms with van der Waals surface area (Å²) in [6.07, 6.45) is -0.299. The molecule has 2 bridgehead atoms. The van der Waals surface area contributed by atoms with Gasteiger partial charge < -0.3 is 23.0 Å². The van der Waals surface area contributed by atoms with Crippen LogP contribution in [0.2, 0.25) is 0 Å². The van der Waals surface area contributed by atoms with Gasteiger partial charge in [0, 0.05) is 7.11 Å². The topological polar surface area (TPSA) is 46.2 Å². The lowest BCUT2D eigenvalue weighted by atomic mass is 10.1. The van der Waals surface area contributed by atoms with Crippen LogP contribution in [0.3, 0.4) is 0 Å². The van der Waals surface area contributed by atoms with Gasteiger partial charge in [0.05, 0.1) is 6.61 Å². The third-order valence-corrected chi connectivity index (χ3v) is 3.53. The van der Waals surface area contributed by atoms with Crippen molar-refractivity contribution in [3.63, 3.8) is 0 Å². The molecule has 5 atom stereocenters. The van der Waals surface area contributed by atoms with E-state index in [1.165, 1.54) is 0 Å². The lowest BCUT2D eigenvalue weighted by Crippen LogP contribution is -2.52. The molecule has 3 aliphatic heterocycles. The van der Waals surface area contributed by atoms with Crippen molar-refractivity contribution in [2.75, 3.05) is 13.7 Å². The second kappa shape index (κ2) is 2.61. The van der Waals surface area contributed by atoms with Gasteiger partial charge in [-0.3, -0.25) is 0 Å². The first kappa shape index (κ1) is 7.62. The van der Waals surface area contributed by atoms with E-state index >= 15 is 0 Å². The average molecular weight is 192 g/mol. The summed E-state index contributed by atoms with van der Waals surface area (Å²) in [7, 11) is 0.511. The minimum absolute atomic E-state index is 0.0230. The molecule has 5 unspecified atom stereocenters. The fourth-order valence-electron chi connectivity index (χ4n) is 1.66. The predicted octanol–water partition coefficient (Wildman–Crippen LogP) is 0.399.